The highest BCUT2D eigenvalue weighted by molar-refractivity contribution is 6.06. The largest absolute Gasteiger partial charge is 0.409 e. The lowest BCUT2D eigenvalue weighted by Crippen LogP contribution is -2.47. The summed E-state index contributed by atoms with van der Waals surface area (Å²) in [5.41, 5.74) is 4.67. The SMILES string of the molecule is CC(C)(C(=O)NC1C(C)(C)C1(C)C)C(N)=NO. The van der Waals surface area contributed by atoms with Gasteiger partial charge in [0, 0.05) is 6.04 Å². The lowest BCUT2D eigenvalue weighted by atomic mass is 9.91. The second-order valence-electron chi connectivity index (χ2n) is 6.46. The molecule has 4 N–H and O–H groups in total. The lowest BCUT2D eigenvalue weighted by Gasteiger charge is -2.22. The number of rotatable bonds is 3. The Balaban J connectivity index is 2.77. The third-order valence-electron chi connectivity index (χ3n) is 4.61. The van der Waals surface area contributed by atoms with E-state index in [4.69, 9.17) is 10.9 Å². The maximum atomic E-state index is 12.1. The standard InChI is InChI=1S/C12H23N3O2/c1-10(2,8(13)15-17)9(16)14-7-11(3,4)12(7,5)6/h7,17H,1-6H3,(H2,13,15)(H,14,16). The van der Waals surface area contributed by atoms with Gasteiger partial charge in [-0.15, -0.1) is 0 Å². The number of nitrogens with one attached hydrogen (secondary N) is 1. The average Bonchev–Trinajstić information content (AvgIpc) is 2.59. The van der Waals surface area contributed by atoms with E-state index in [-0.39, 0.29) is 28.6 Å². The van der Waals surface area contributed by atoms with Gasteiger partial charge in [-0.1, -0.05) is 32.9 Å². The summed E-state index contributed by atoms with van der Waals surface area (Å²) in [5, 5.41) is 14.6. The van der Waals surface area contributed by atoms with Crippen molar-refractivity contribution in [1.29, 1.82) is 0 Å². The number of oxime groups is 1. The molecule has 0 aromatic carbocycles. The molecule has 5 nitrogen and oxygen atoms in total. The van der Waals surface area contributed by atoms with Gasteiger partial charge >= 0.3 is 0 Å². The number of amides is 1. The molecule has 5 heteroatoms. The van der Waals surface area contributed by atoms with Crippen LogP contribution in [0.3, 0.4) is 0 Å². The van der Waals surface area contributed by atoms with Crippen molar-refractivity contribution in [2.75, 3.05) is 0 Å². The molecule has 1 amide bonds. The predicted molar refractivity (Wildman–Crippen MR) is 66.7 cm³/mol. The van der Waals surface area contributed by atoms with Gasteiger partial charge in [0.05, 0.1) is 0 Å². The van der Waals surface area contributed by atoms with Gasteiger partial charge in [-0.25, -0.2) is 0 Å². The summed E-state index contributed by atoms with van der Waals surface area (Å²) in [5.74, 6) is -0.289. The van der Waals surface area contributed by atoms with Gasteiger partial charge in [-0.2, -0.15) is 0 Å². The van der Waals surface area contributed by atoms with E-state index < -0.39 is 5.41 Å². The third kappa shape index (κ3) is 1.87. The molecule has 0 atom stereocenters. The second-order valence-corrected chi connectivity index (χ2v) is 6.46. The predicted octanol–water partition coefficient (Wildman–Crippen LogP) is 1.31. The van der Waals surface area contributed by atoms with E-state index in [9.17, 15) is 4.79 Å². The molecule has 1 rings (SSSR count). The van der Waals surface area contributed by atoms with E-state index >= 15 is 0 Å². The molecule has 0 saturated heterocycles. The number of amidine groups is 1. The minimum absolute atomic E-state index is 0.0733. The number of carbonyl (C=O) groups excluding carboxylic acids is 1. The van der Waals surface area contributed by atoms with E-state index in [1.165, 1.54) is 0 Å². The smallest absolute Gasteiger partial charge is 0.233 e. The molecule has 1 aliphatic rings. The van der Waals surface area contributed by atoms with Gasteiger partial charge in [-0.05, 0) is 24.7 Å². The number of hydrogen-bond donors (Lipinski definition) is 3. The van der Waals surface area contributed by atoms with Gasteiger partial charge in [0.25, 0.3) is 0 Å². The van der Waals surface area contributed by atoms with Crippen LogP contribution >= 0.6 is 0 Å². The number of nitrogens with two attached hydrogens (primary N) is 1. The summed E-state index contributed by atoms with van der Waals surface area (Å²) in [4.78, 5) is 12.1. The van der Waals surface area contributed by atoms with Crippen LogP contribution in [0.5, 0.6) is 0 Å². The van der Waals surface area contributed by atoms with E-state index in [0.29, 0.717) is 0 Å². The van der Waals surface area contributed by atoms with Crippen LogP contribution in [-0.2, 0) is 4.79 Å². The van der Waals surface area contributed by atoms with Crippen molar-refractivity contribution < 1.29 is 10.0 Å². The molecule has 0 spiro atoms. The van der Waals surface area contributed by atoms with Crippen LogP contribution in [-0.4, -0.2) is 23.0 Å². The molecule has 0 aromatic rings. The molecular formula is C12H23N3O2. The first-order valence-corrected chi connectivity index (χ1v) is 5.78. The van der Waals surface area contributed by atoms with Crippen LogP contribution in [0.2, 0.25) is 0 Å². The Bertz CT molecular complexity index is 356. The Morgan fingerprint density at radius 1 is 1.29 bits per heavy atom. The molecule has 0 radical (unpaired) electrons. The monoisotopic (exact) mass is 241 g/mol. The van der Waals surface area contributed by atoms with E-state index in [2.05, 4.69) is 38.2 Å². The summed E-state index contributed by atoms with van der Waals surface area (Å²) >= 11 is 0. The van der Waals surface area contributed by atoms with Crippen molar-refractivity contribution in [3.05, 3.63) is 0 Å². The fourth-order valence-corrected chi connectivity index (χ4v) is 2.11. The first-order chi connectivity index (χ1) is 7.49. The Kier molecular flexibility index (Phi) is 2.94. The fraction of sp³-hybridized carbons (Fsp3) is 0.833. The topological polar surface area (TPSA) is 87.7 Å². The summed E-state index contributed by atoms with van der Waals surface area (Å²) in [6.07, 6.45) is 0. The molecular weight excluding hydrogens is 218 g/mol. The zero-order valence-corrected chi connectivity index (χ0v) is 11.5. The van der Waals surface area contributed by atoms with Crippen molar-refractivity contribution in [2.24, 2.45) is 27.1 Å². The van der Waals surface area contributed by atoms with Gasteiger partial charge in [0.15, 0.2) is 5.84 Å². The van der Waals surface area contributed by atoms with Crippen LogP contribution < -0.4 is 11.1 Å². The van der Waals surface area contributed by atoms with Crippen molar-refractivity contribution in [3.63, 3.8) is 0 Å². The van der Waals surface area contributed by atoms with Crippen LogP contribution in [0.4, 0.5) is 0 Å². The summed E-state index contributed by atoms with van der Waals surface area (Å²) in [6.45, 7) is 11.8. The molecule has 17 heavy (non-hydrogen) atoms. The number of nitrogens with zero attached hydrogens (tertiary/aromatic N) is 1. The molecule has 0 bridgehead atoms. The van der Waals surface area contributed by atoms with Crippen LogP contribution in [0.25, 0.3) is 0 Å². The molecule has 0 heterocycles. The maximum absolute atomic E-state index is 12.1. The molecule has 1 fully saturated rings. The summed E-state index contributed by atoms with van der Waals surface area (Å²) in [7, 11) is 0. The minimum Gasteiger partial charge on any atom is -0.409 e. The van der Waals surface area contributed by atoms with Crippen molar-refractivity contribution in [3.8, 4) is 0 Å². The van der Waals surface area contributed by atoms with Crippen LogP contribution in [0.1, 0.15) is 41.5 Å². The quantitative estimate of drug-likeness (QED) is 0.301. The Labute approximate surface area is 102 Å². The van der Waals surface area contributed by atoms with Gasteiger partial charge in [0.2, 0.25) is 5.91 Å². The van der Waals surface area contributed by atoms with Crippen molar-refractivity contribution in [2.45, 2.75) is 47.6 Å². The van der Waals surface area contributed by atoms with Crippen LogP contribution in [0.15, 0.2) is 5.16 Å². The highest BCUT2D eigenvalue weighted by Crippen LogP contribution is 2.62. The molecule has 98 valence electrons. The van der Waals surface area contributed by atoms with Crippen LogP contribution in [0, 0.1) is 16.2 Å². The lowest BCUT2D eigenvalue weighted by molar-refractivity contribution is -0.126. The van der Waals surface area contributed by atoms with E-state index in [0.717, 1.165) is 0 Å². The average molecular weight is 241 g/mol. The molecule has 0 unspecified atom stereocenters. The molecule has 0 aromatic heterocycles. The highest BCUT2D eigenvalue weighted by atomic mass is 16.4. The van der Waals surface area contributed by atoms with Gasteiger partial charge < -0.3 is 16.3 Å². The summed E-state index contributed by atoms with van der Waals surface area (Å²) in [6, 6.07) is 0.119. The molecule has 1 saturated carbocycles. The summed E-state index contributed by atoms with van der Waals surface area (Å²) < 4.78 is 0. The van der Waals surface area contributed by atoms with Crippen molar-refractivity contribution in [1.82, 2.24) is 5.32 Å². The Morgan fingerprint density at radius 3 is 2.00 bits per heavy atom. The first kappa shape index (κ1) is 13.8. The van der Waals surface area contributed by atoms with Gasteiger partial charge in [-0.3, -0.25) is 4.79 Å². The Hall–Kier alpha value is -1.26. The second kappa shape index (κ2) is 3.62. The molecule has 1 aliphatic carbocycles. The highest BCUT2D eigenvalue weighted by Gasteiger charge is 2.65. The minimum atomic E-state index is -0.997. The van der Waals surface area contributed by atoms with E-state index in [1.807, 2.05) is 0 Å². The zero-order valence-electron chi connectivity index (χ0n) is 11.5. The number of carbonyl (C=O) groups is 1. The Morgan fingerprint density at radius 2 is 1.71 bits per heavy atom. The van der Waals surface area contributed by atoms with Crippen molar-refractivity contribution >= 4 is 11.7 Å². The van der Waals surface area contributed by atoms with E-state index in [1.54, 1.807) is 13.8 Å². The fourth-order valence-electron chi connectivity index (χ4n) is 2.11. The van der Waals surface area contributed by atoms with Gasteiger partial charge in [0.1, 0.15) is 5.41 Å². The first-order valence-electron chi connectivity index (χ1n) is 5.78. The number of hydrogen-bond acceptors (Lipinski definition) is 3. The molecule has 0 aliphatic heterocycles. The normalized spacial score (nSPS) is 23.3. The zero-order chi connectivity index (χ0) is 13.6. The maximum Gasteiger partial charge on any atom is 0.233 e. The third-order valence-corrected chi connectivity index (χ3v) is 4.61.